The summed E-state index contributed by atoms with van der Waals surface area (Å²) in [5, 5.41) is 2.48. The van der Waals surface area contributed by atoms with Gasteiger partial charge >= 0.3 is 0 Å². The highest BCUT2D eigenvalue weighted by atomic mass is 14.7. The van der Waals surface area contributed by atoms with Crippen LogP contribution in [0.5, 0.6) is 0 Å². The van der Waals surface area contributed by atoms with E-state index in [4.69, 9.17) is 5.73 Å². The minimum absolute atomic E-state index is 0.690. The zero-order chi connectivity index (χ0) is 11.0. The molecule has 2 heterocycles. The smallest absolute Gasteiger partial charge is 0.0651 e. The van der Waals surface area contributed by atoms with Crippen molar-refractivity contribution in [3.8, 4) is 0 Å². The molecule has 0 aliphatic heterocycles. The molecule has 3 rings (SSSR count). The lowest BCUT2D eigenvalue weighted by Crippen LogP contribution is -2.02. The van der Waals surface area contributed by atoms with Crippen molar-refractivity contribution in [3.63, 3.8) is 0 Å². The fourth-order valence-electron chi connectivity index (χ4n) is 2.12. The molecule has 0 amide bonds. The predicted molar refractivity (Wildman–Crippen MR) is 66.4 cm³/mol. The van der Waals surface area contributed by atoms with E-state index in [9.17, 15) is 0 Å². The highest BCUT2D eigenvalue weighted by molar-refractivity contribution is 6.06. The first kappa shape index (κ1) is 9.36. The molecule has 0 saturated heterocycles. The van der Waals surface area contributed by atoms with Gasteiger partial charge in [0.2, 0.25) is 0 Å². The summed E-state index contributed by atoms with van der Waals surface area (Å²) in [6.45, 7) is 0.690. The fourth-order valence-corrected chi connectivity index (χ4v) is 2.12. The topological polar surface area (TPSA) is 54.7 Å². The first-order chi connectivity index (χ1) is 7.88. The van der Waals surface area contributed by atoms with Crippen LogP contribution in [-0.2, 0) is 6.42 Å². The second-order valence-electron chi connectivity index (χ2n) is 3.96. The molecule has 0 radical (unpaired) electrons. The van der Waals surface area contributed by atoms with E-state index in [-0.39, 0.29) is 0 Å². The highest BCUT2D eigenvalue weighted by Crippen LogP contribution is 2.25. The predicted octanol–water partition coefficient (Wildman–Crippen LogP) is 2.22. The lowest BCUT2D eigenvalue weighted by molar-refractivity contribution is 0.971. The molecule has 0 aliphatic carbocycles. The standard InChI is InChI=1S/C13H13N3/c14-5-3-9-1-2-12-11(7-9)10-4-6-15-8-13(10)16-12/h1-2,4,6-8,16H,3,5,14H2. The largest absolute Gasteiger partial charge is 0.353 e. The number of aromatic nitrogens is 2. The SMILES string of the molecule is NCCc1ccc2[nH]c3cnccc3c2c1. The van der Waals surface area contributed by atoms with Crippen LogP contribution in [0.2, 0.25) is 0 Å². The van der Waals surface area contributed by atoms with Crippen LogP contribution in [0.1, 0.15) is 5.56 Å². The number of hydrogen-bond acceptors (Lipinski definition) is 2. The third kappa shape index (κ3) is 1.37. The molecule has 0 spiro atoms. The number of nitrogens with one attached hydrogen (secondary N) is 1. The average Bonchev–Trinajstić information content (AvgIpc) is 2.68. The number of aromatic amines is 1. The minimum atomic E-state index is 0.690. The van der Waals surface area contributed by atoms with Crippen LogP contribution in [0.25, 0.3) is 21.8 Å². The van der Waals surface area contributed by atoms with Crippen molar-refractivity contribution in [2.75, 3.05) is 6.54 Å². The second kappa shape index (κ2) is 3.61. The Hall–Kier alpha value is -1.87. The summed E-state index contributed by atoms with van der Waals surface area (Å²) in [4.78, 5) is 7.47. The average molecular weight is 211 g/mol. The fraction of sp³-hybridized carbons (Fsp3) is 0.154. The van der Waals surface area contributed by atoms with Gasteiger partial charge in [-0.25, -0.2) is 0 Å². The van der Waals surface area contributed by atoms with E-state index in [1.54, 1.807) is 0 Å². The maximum atomic E-state index is 5.57. The number of nitrogens with zero attached hydrogens (tertiary/aromatic N) is 1. The summed E-state index contributed by atoms with van der Waals surface area (Å²) in [5.41, 5.74) is 9.10. The number of benzene rings is 1. The molecule has 2 aromatic heterocycles. The van der Waals surface area contributed by atoms with Crippen LogP contribution in [-0.4, -0.2) is 16.5 Å². The monoisotopic (exact) mass is 211 g/mol. The van der Waals surface area contributed by atoms with Gasteiger partial charge in [-0.1, -0.05) is 6.07 Å². The van der Waals surface area contributed by atoms with Gasteiger partial charge in [0.1, 0.15) is 0 Å². The number of pyridine rings is 1. The summed E-state index contributed by atoms with van der Waals surface area (Å²) in [7, 11) is 0. The molecule has 0 bridgehead atoms. The molecule has 0 unspecified atom stereocenters. The molecule has 16 heavy (non-hydrogen) atoms. The Morgan fingerprint density at radius 3 is 2.94 bits per heavy atom. The zero-order valence-corrected chi connectivity index (χ0v) is 8.90. The molecule has 3 nitrogen and oxygen atoms in total. The van der Waals surface area contributed by atoms with E-state index < -0.39 is 0 Å². The number of nitrogens with two attached hydrogens (primary N) is 1. The first-order valence-electron chi connectivity index (χ1n) is 5.43. The van der Waals surface area contributed by atoms with Crippen LogP contribution in [0.15, 0.2) is 36.7 Å². The molecular weight excluding hydrogens is 198 g/mol. The van der Waals surface area contributed by atoms with Crippen molar-refractivity contribution in [2.24, 2.45) is 5.73 Å². The number of fused-ring (bicyclic) bond motifs is 3. The molecule has 0 aliphatic rings. The molecule has 0 fully saturated rings. The summed E-state index contributed by atoms with van der Waals surface area (Å²) in [6.07, 6.45) is 4.61. The van der Waals surface area contributed by atoms with Gasteiger partial charge in [-0.3, -0.25) is 4.98 Å². The summed E-state index contributed by atoms with van der Waals surface area (Å²) in [5.74, 6) is 0. The van der Waals surface area contributed by atoms with Gasteiger partial charge in [0, 0.05) is 22.5 Å². The molecule has 3 aromatic rings. The molecular formula is C13H13N3. The van der Waals surface area contributed by atoms with E-state index in [1.807, 2.05) is 18.5 Å². The Labute approximate surface area is 93.3 Å². The lowest BCUT2D eigenvalue weighted by atomic mass is 10.1. The van der Waals surface area contributed by atoms with Crippen LogP contribution in [0.3, 0.4) is 0 Å². The Balaban J connectivity index is 2.31. The van der Waals surface area contributed by atoms with Gasteiger partial charge in [0.15, 0.2) is 0 Å². The Morgan fingerprint density at radius 2 is 2.06 bits per heavy atom. The van der Waals surface area contributed by atoms with Crippen molar-refractivity contribution in [2.45, 2.75) is 6.42 Å². The summed E-state index contributed by atoms with van der Waals surface area (Å²) >= 11 is 0. The van der Waals surface area contributed by atoms with E-state index in [2.05, 4.69) is 28.2 Å². The number of rotatable bonds is 2. The van der Waals surface area contributed by atoms with Crippen molar-refractivity contribution < 1.29 is 0 Å². The first-order valence-corrected chi connectivity index (χ1v) is 5.43. The molecule has 3 N–H and O–H groups in total. The minimum Gasteiger partial charge on any atom is -0.353 e. The van der Waals surface area contributed by atoms with Gasteiger partial charge in [0.25, 0.3) is 0 Å². The number of H-pyrrole nitrogens is 1. The third-order valence-electron chi connectivity index (χ3n) is 2.90. The van der Waals surface area contributed by atoms with Crippen LogP contribution in [0.4, 0.5) is 0 Å². The zero-order valence-electron chi connectivity index (χ0n) is 8.90. The van der Waals surface area contributed by atoms with E-state index in [0.29, 0.717) is 6.54 Å². The normalized spacial score (nSPS) is 11.3. The van der Waals surface area contributed by atoms with E-state index in [0.717, 1.165) is 17.5 Å². The maximum absolute atomic E-state index is 5.57. The van der Waals surface area contributed by atoms with Gasteiger partial charge < -0.3 is 10.7 Å². The van der Waals surface area contributed by atoms with Crippen molar-refractivity contribution >= 4 is 21.8 Å². The molecule has 0 atom stereocenters. The van der Waals surface area contributed by atoms with Gasteiger partial charge in [-0.05, 0) is 36.7 Å². The third-order valence-corrected chi connectivity index (χ3v) is 2.90. The van der Waals surface area contributed by atoms with Gasteiger partial charge in [-0.15, -0.1) is 0 Å². The maximum Gasteiger partial charge on any atom is 0.0651 e. The van der Waals surface area contributed by atoms with Crippen molar-refractivity contribution in [1.82, 2.24) is 9.97 Å². The Morgan fingerprint density at radius 1 is 1.12 bits per heavy atom. The van der Waals surface area contributed by atoms with E-state index >= 15 is 0 Å². The van der Waals surface area contributed by atoms with E-state index in [1.165, 1.54) is 16.3 Å². The second-order valence-corrected chi connectivity index (χ2v) is 3.96. The van der Waals surface area contributed by atoms with Crippen molar-refractivity contribution in [3.05, 3.63) is 42.2 Å². The molecule has 80 valence electrons. The number of hydrogen-bond donors (Lipinski definition) is 2. The molecule has 3 heteroatoms. The van der Waals surface area contributed by atoms with Gasteiger partial charge in [0.05, 0.1) is 11.7 Å². The lowest BCUT2D eigenvalue weighted by Gasteiger charge is -1.98. The van der Waals surface area contributed by atoms with Crippen LogP contribution >= 0.6 is 0 Å². The van der Waals surface area contributed by atoms with Crippen LogP contribution in [0, 0.1) is 0 Å². The molecule has 1 aromatic carbocycles. The van der Waals surface area contributed by atoms with Crippen LogP contribution < -0.4 is 5.73 Å². The summed E-state index contributed by atoms with van der Waals surface area (Å²) in [6, 6.07) is 8.49. The molecule has 0 saturated carbocycles. The van der Waals surface area contributed by atoms with Crippen molar-refractivity contribution in [1.29, 1.82) is 0 Å². The Bertz CT molecular complexity index is 640. The quantitative estimate of drug-likeness (QED) is 0.682. The highest BCUT2D eigenvalue weighted by Gasteiger charge is 2.04. The van der Waals surface area contributed by atoms with Gasteiger partial charge in [-0.2, -0.15) is 0 Å². The Kier molecular flexibility index (Phi) is 2.11. The summed E-state index contributed by atoms with van der Waals surface area (Å²) < 4.78 is 0.